The van der Waals surface area contributed by atoms with Gasteiger partial charge in [-0.15, -0.1) is 0 Å². The van der Waals surface area contributed by atoms with E-state index in [0.29, 0.717) is 0 Å². The van der Waals surface area contributed by atoms with Crippen LogP contribution in [0.5, 0.6) is 11.5 Å². The molecule has 2 aromatic rings. The van der Waals surface area contributed by atoms with E-state index in [9.17, 15) is 18.6 Å². The van der Waals surface area contributed by atoms with Crippen molar-refractivity contribution in [1.29, 1.82) is 0 Å². The largest absolute Gasteiger partial charge is 0.504 e. The minimum absolute atomic E-state index is 0.111. The zero-order valence-electron chi connectivity index (χ0n) is 13.3. The maximum Gasteiger partial charge on any atom is 0.276 e. The van der Waals surface area contributed by atoms with Crippen molar-refractivity contribution < 1.29 is 18.6 Å². The van der Waals surface area contributed by atoms with Crippen molar-refractivity contribution in [3.05, 3.63) is 53.6 Å². The Morgan fingerprint density at radius 1 is 1.12 bits per heavy atom. The SMILES string of the molecule is CCCCc1ccc(S(=O)(=O)N/N=C/c2cccc(O)c2O)cc1. The summed E-state index contributed by atoms with van der Waals surface area (Å²) in [5, 5.41) is 22.6. The molecule has 0 atom stereocenters. The fraction of sp³-hybridized carbons (Fsp3) is 0.235. The maximum atomic E-state index is 12.2. The van der Waals surface area contributed by atoms with E-state index < -0.39 is 10.0 Å². The summed E-state index contributed by atoms with van der Waals surface area (Å²) in [5.74, 6) is -0.662. The fourth-order valence-corrected chi connectivity index (χ4v) is 2.88. The van der Waals surface area contributed by atoms with Crippen molar-refractivity contribution in [2.75, 3.05) is 0 Å². The number of benzene rings is 2. The van der Waals surface area contributed by atoms with Crippen LogP contribution in [0.4, 0.5) is 0 Å². The zero-order valence-corrected chi connectivity index (χ0v) is 14.1. The molecule has 0 radical (unpaired) electrons. The molecule has 0 spiro atoms. The minimum atomic E-state index is -3.78. The fourth-order valence-electron chi connectivity index (χ4n) is 2.09. The van der Waals surface area contributed by atoms with Crippen LogP contribution in [0.15, 0.2) is 52.5 Å². The molecule has 7 heteroatoms. The van der Waals surface area contributed by atoms with Crippen LogP contribution in [0.2, 0.25) is 0 Å². The number of hydrogen-bond acceptors (Lipinski definition) is 5. The lowest BCUT2D eigenvalue weighted by Gasteiger charge is -2.05. The summed E-state index contributed by atoms with van der Waals surface area (Å²) >= 11 is 0. The summed E-state index contributed by atoms with van der Waals surface area (Å²) in [4.78, 5) is 2.19. The van der Waals surface area contributed by atoms with Crippen molar-refractivity contribution in [1.82, 2.24) is 4.83 Å². The molecular weight excluding hydrogens is 328 g/mol. The summed E-state index contributed by atoms with van der Waals surface area (Å²) < 4.78 is 24.3. The van der Waals surface area contributed by atoms with Crippen molar-refractivity contribution >= 4 is 16.2 Å². The van der Waals surface area contributed by atoms with Gasteiger partial charge in [0.1, 0.15) is 0 Å². The highest BCUT2D eigenvalue weighted by Crippen LogP contribution is 2.26. The first kappa shape index (κ1) is 17.8. The van der Waals surface area contributed by atoms with Gasteiger partial charge in [0.05, 0.1) is 11.1 Å². The normalized spacial score (nSPS) is 11.7. The van der Waals surface area contributed by atoms with E-state index in [1.54, 1.807) is 12.1 Å². The van der Waals surface area contributed by atoms with Crippen LogP contribution in [0.25, 0.3) is 0 Å². The van der Waals surface area contributed by atoms with Crippen LogP contribution < -0.4 is 4.83 Å². The van der Waals surface area contributed by atoms with Gasteiger partial charge in [0.15, 0.2) is 11.5 Å². The molecule has 2 aromatic carbocycles. The first-order chi connectivity index (χ1) is 11.4. The van der Waals surface area contributed by atoms with Crippen LogP contribution in [-0.2, 0) is 16.4 Å². The lowest BCUT2D eigenvalue weighted by Crippen LogP contribution is -2.18. The Labute approximate surface area is 141 Å². The van der Waals surface area contributed by atoms with Crippen LogP contribution in [0.3, 0.4) is 0 Å². The number of nitrogens with one attached hydrogen (secondary N) is 1. The summed E-state index contributed by atoms with van der Waals surface area (Å²) in [6.45, 7) is 2.10. The summed E-state index contributed by atoms with van der Waals surface area (Å²) in [5.41, 5.74) is 1.29. The quantitative estimate of drug-likeness (QED) is 0.407. The topological polar surface area (TPSA) is 99.0 Å². The highest BCUT2D eigenvalue weighted by molar-refractivity contribution is 7.89. The molecule has 3 N–H and O–H groups in total. The Bertz CT molecular complexity index is 815. The molecule has 6 nitrogen and oxygen atoms in total. The van der Waals surface area contributed by atoms with Gasteiger partial charge in [0.2, 0.25) is 0 Å². The maximum absolute atomic E-state index is 12.2. The standard InChI is InChI=1S/C17H20N2O4S/c1-2-3-5-13-8-10-15(11-9-13)24(22,23)19-18-12-14-6-4-7-16(20)17(14)21/h4,6-12,19-21H,2-3,5H2,1H3/b18-12+. The molecule has 0 saturated carbocycles. The van der Waals surface area contributed by atoms with Crippen LogP contribution >= 0.6 is 0 Å². The number of nitrogens with zero attached hydrogens (tertiary/aromatic N) is 1. The lowest BCUT2D eigenvalue weighted by molar-refractivity contribution is 0.403. The van der Waals surface area contributed by atoms with Gasteiger partial charge < -0.3 is 10.2 Å². The van der Waals surface area contributed by atoms with Gasteiger partial charge in [0, 0.05) is 5.56 Å². The number of rotatable bonds is 7. The smallest absolute Gasteiger partial charge is 0.276 e. The Hall–Kier alpha value is -2.54. The Morgan fingerprint density at radius 2 is 1.83 bits per heavy atom. The van der Waals surface area contributed by atoms with Gasteiger partial charge >= 0.3 is 0 Å². The third kappa shape index (κ3) is 4.48. The van der Waals surface area contributed by atoms with E-state index in [4.69, 9.17) is 0 Å². The Kier molecular flexibility index (Phi) is 5.81. The molecule has 0 bridgehead atoms. The summed E-state index contributed by atoms with van der Waals surface area (Å²) in [6.07, 6.45) is 4.18. The number of hydrogen-bond donors (Lipinski definition) is 3. The highest BCUT2D eigenvalue weighted by Gasteiger charge is 2.12. The second kappa shape index (κ2) is 7.83. The Balaban J connectivity index is 2.08. The van der Waals surface area contributed by atoms with E-state index >= 15 is 0 Å². The number of para-hydroxylation sites is 1. The first-order valence-electron chi connectivity index (χ1n) is 7.59. The van der Waals surface area contributed by atoms with Gasteiger partial charge in [-0.25, -0.2) is 4.83 Å². The zero-order chi connectivity index (χ0) is 17.6. The molecular formula is C17H20N2O4S. The minimum Gasteiger partial charge on any atom is -0.504 e. The number of unbranched alkanes of at least 4 members (excludes halogenated alkanes) is 1. The number of aryl methyl sites for hydroxylation is 1. The number of hydrazone groups is 1. The van der Waals surface area contributed by atoms with E-state index in [1.807, 2.05) is 0 Å². The van der Waals surface area contributed by atoms with Crippen LogP contribution in [0, 0.1) is 0 Å². The van der Waals surface area contributed by atoms with Gasteiger partial charge in [-0.2, -0.15) is 13.5 Å². The average Bonchev–Trinajstić information content (AvgIpc) is 2.57. The predicted molar refractivity (Wildman–Crippen MR) is 92.7 cm³/mol. The van der Waals surface area contributed by atoms with Gasteiger partial charge in [-0.3, -0.25) is 0 Å². The van der Waals surface area contributed by atoms with Crippen molar-refractivity contribution in [3.8, 4) is 11.5 Å². The third-order valence-corrected chi connectivity index (χ3v) is 4.71. The number of aromatic hydroxyl groups is 2. The second-order valence-electron chi connectivity index (χ2n) is 5.32. The average molecular weight is 348 g/mol. The van der Waals surface area contributed by atoms with E-state index in [1.165, 1.54) is 30.3 Å². The number of phenolic OH excluding ortho intramolecular Hbond substituents is 2. The number of sulfonamides is 1. The lowest BCUT2D eigenvalue weighted by atomic mass is 10.1. The van der Waals surface area contributed by atoms with Gasteiger partial charge in [0.25, 0.3) is 10.0 Å². The second-order valence-corrected chi connectivity index (χ2v) is 6.98. The van der Waals surface area contributed by atoms with E-state index in [0.717, 1.165) is 31.0 Å². The Morgan fingerprint density at radius 3 is 2.50 bits per heavy atom. The van der Waals surface area contributed by atoms with E-state index in [2.05, 4.69) is 16.9 Å². The monoisotopic (exact) mass is 348 g/mol. The molecule has 2 rings (SSSR count). The number of phenols is 2. The predicted octanol–water partition coefficient (Wildman–Crippen LogP) is 2.75. The first-order valence-corrected chi connectivity index (χ1v) is 9.07. The molecule has 0 unspecified atom stereocenters. The van der Waals surface area contributed by atoms with Crippen molar-refractivity contribution in [3.63, 3.8) is 0 Å². The summed E-state index contributed by atoms with van der Waals surface area (Å²) in [6, 6.07) is 11.0. The molecule has 0 aliphatic carbocycles. The molecule has 128 valence electrons. The molecule has 0 aromatic heterocycles. The highest BCUT2D eigenvalue weighted by atomic mass is 32.2. The molecule has 0 aliphatic rings. The van der Waals surface area contributed by atoms with E-state index in [-0.39, 0.29) is 22.0 Å². The van der Waals surface area contributed by atoms with Crippen molar-refractivity contribution in [2.24, 2.45) is 5.10 Å². The molecule has 0 amide bonds. The van der Waals surface area contributed by atoms with Crippen molar-refractivity contribution in [2.45, 2.75) is 31.1 Å². The molecule has 0 heterocycles. The molecule has 0 fully saturated rings. The molecule has 24 heavy (non-hydrogen) atoms. The van der Waals surface area contributed by atoms with Crippen LogP contribution in [-0.4, -0.2) is 24.8 Å². The molecule has 0 saturated heterocycles. The van der Waals surface area contributed by atoms with Crippen LogP contribution in [0.1, 0.15) is 30.9 Å². The van der Waals surface area contributed by atoms with Gasteiger partial charge in [-0.1, -0.05) is 31.5 Å². The molecule has 0 aliphatic heterocycles. The summed E-state index contributed by atoms with van der Waals surface area (Å²) in [7, 11) is -3.78. The third-order valence-electron chi connectivity index (χ3n) is 3.48. The van der Waals surface area contributed by atoms with Gasteiger partial charge in [-0.05, 0) is 42.7 Å².